The molecular formula is C14H17ClN4OS. The van der Waals surface area contributed by atoms with Crippen LogP contribution < -0.4 is 5.32 Å². The molecule has 0 aliphatic carbocycles. The van der Waals surface area contributed by atoms with E-state index < -0.39 is 0 Å². The number of benzene rings is 1. The lowest BCUT2D eigenvalue weighted by Gasteiger charge is -2.13. The second kappa shape index (κ2) is 8.05. The van der Waals surface area contributed by atoms with Crippen molar-refractivity contribution in [1.29, 1.82) is 0 Å². The van der Waals surface area contributed by atoms with Gasteiger partial charge in [0.25, 0.3) is 0 Å². The second-order valence-corrected chi connectivity index (χ2v) is 5.94. The number of hydrogen-bond donors (Lipinski definition) is 2. The molecule has 2 rings (SSSR count). The Morgan fingerprint density at radius 2 is 2.19 bits per heavy atom. The number of rotatable bonds is 7. The van der Waals surface area contributed by atoms with Crippen LogP contribution in [0.3, 0.4) is 0 Å². The first-order valence-electron chi connectivity index (χ1n) is 6.66. The molecule has 0 fully saturated rings. The predicted molar refractivity (Wildman–Crippen MR) is 85.2 cm³/mol. The highest BCUT2D eigenvalue weighted by atomic mass is 35.5. The van der Waals surface area contributed by atoms with E-state index >= 15 is 0 Å². The number of nitrogens with zero attached hydrogens (tertiary/aromatic N) is 2. The van der Waals surface area contributed by atoms with Crippen molar-refractivity contribution >= 4 is 29.3 Å². The third kappa shape index (κ3) is 5.06. The highest BCUT2D eigenvalue weighted by molar-refractivity contribution is 7.99. The first-order valence-corrected chi connectivity index (χ1v) is 8.19. The Morgan fingerprint density at radius 3 is 2.81 bits per heavy atom. The quantitative estimate of drug-likeness (QED) is 0.821. The van der Waals surface area contributed by atoms with Crippen molar-refractivity contribution in [2.75, 3.05) is 5.75 Å². The summed E-state index contributed by atoms with van der Waals surface area (Å²) in [6.07, 6.45) is 2.21. The van der Waals surface area contributed by atoms with Crippen LogP contribution in [0.2, 0.25) is 5.02 Å². The summed E-state index contributed by atoms with van der Waals surface area (Å²) in [7, 11) is 0. The standard InChI is InChI=1S/C14H17ClN4OS/c1-2-12(14-16-9-17-19-14)18-13(20)8-21-7-10-3-5-11(15)6-4-10/h3-6,9,12H,2,7-8H2,1H3,(H,18,20)(H,16,17,19). The molecule has 1 aromatic heterocycles. The van der Waals surface area contributed by atoms with Crippen LogP contribution in [-0.2, 0) is 10.5 Å². The fourth-order valence-electron chi connectivity index (χ4n) is 1.82. The Morgan fingerprint density at radius 1 is 1.43 bits per heavy atom. The molecule has 1 amide bonds. The number of amides is 1. The summed E-state index contributed by atoms with van der Waals surface area (Å²) in [4.78, 5) is 16.0. The zero-order valence-electron chi connectivity index (χ0n) is 11.7. The van der Waals surface area contributed by atoms with E-state index in [1.165, 1.54) is 6.33 Å². The first-order chi connectivity index (χ1) is 10.2. The Bertz CT molecular complexity index is 559. The minimum absolute atomic E-state index is 0.00258. The number of hydrogen-bond acceptors (Lipinski definition) is 4. The van der Waals surface area contributed by atoms with Gasteiger partial charge in [-0.15, -0.1) is 11.8 Å². The number of aromatic amines is 1. The van der Waals surface area contributed by atoms with Crippen molar-refractivity contribution in [1.82, 2.24) is 20.5 Å². The minimum Gasteiger partial charge on any atom is -0.345 e. The lowest BCUT2D eigenvalue weighted by atomic mass is 10.2. The molecule has 2 N–H and O–H groups in total. The fraction of sp³-hybridized carbons (Fsp3) is 0.357. The van der Waals surface area contributed by atoms with E-state index in [2.05, 4.69) is 20.5 Å². The van der Waals surface area contributed by atoms with Gasteiger partial charge in [-0.2, -0.15) is 5.10 Å². The fourth-order valence-corrected chi connectivity index (χ4v) is 2.75. The summed E-state index contributed by atoms with van der Waals surface area (Å²) in [5.41, 5.74) is 1.15. The smallest absolute Gasteiger partial charge is 0.230 e. The van der Waals surface area contributed by atoms with Gasteiger partial charge >= 0.3 is 0 Å². The molecule has 0 aliphatic rings. The third-order valence-electron chi connectivity index (χ3n) is 2.92. The molecular weight excluding hydrogens is 308 g/mol. The Kier molecular flexibility index (Phi) is 6.07. The lowest BCUT2D eigenvalue weighted by molar-refractivity contribution is -0.119. The van der Waals surface area contributed by atoms with Gasteiger partial charge < -0.3 is 5.32 Å². The number of halogens is 1. The molecule has 1 aromatic carbocycles. The third-order valence-corrected chi connectivity index (χ3v) is 4.18. The van der Waals surface area contributed by atoms with Crippen LogP contribution in [-0.4, -0.2) is 26.8 Å². The molecule has 5 nitrogen and oxygen atoms in total. The van der Waals surface area contributed by atoms with Gasteiger partial charge in [0.05, 0.1) is 11.8 Å². The lowest BCUT2D eigenvalue weighted by Crippen LogP contribution is -2.30. The molecule has 1 heterocycles. The maximum Gasteiger partial charge on any atom is 0.230 e. The van der Waals surface area contributed by atoms with Gasteiger partial charge in [-0.3, -0.25) is 9.89 Å². The number of thioether (sulfide) groups is 1. The van der Waals surface area contributed by atoms with Crippen LogP contribution in [0.1, 0.15) is 30.8 Å². The van der Waals surface area contributed by atoms with Gasteiger partial charge in [0, 0.05) is 10.8 Å². The number of carbonyl (C=O) groups is 1. The van der Waals surface area contributed by atoms with E-state index in [1.807, 2.05) is 31.2 Å². The van der Waals surface area contributed by atoms with Gasteiger partial charge in [0.15, 0.2) is 0 Å². The highest BCUT2D eigenvalue weighted by Crippen LogP contribution is 2.16. The van der Waals surface area contributed by atoms with Crippen LogP contribution in [0.25, 0.3) is 0 Å². The van der Waals surface area contributed by atoms with Crippen molar-refractivity contribution < 1.29 is 4.79 Å². The minimum atomic E-state index is -0.115. The largest absolute Gasteiger partial charge is 0.345 e. The molecule has 1 atom stereocenters. The van der Waals surface area contributed by atoms with E-state index in [4.69, 9.17) is 11.6 Å². The topological polar surface area (TPSA) is 70.7 Å². The van der Waals surface area contributed by atoms with Gasteiger partial charge in [-0.25, -0.2) is 4.98 Å². The summed E-state index contributed by atoms with van der Waals surface area (Å²) in [5, 5.41) is 10.3. The van der Waals surface area contributed by atoms with Crippen molar-refractivity contribution in [2.45, 2.75) is 25.1 Å². The number of nitrogens with one attached hydrogen (secondary N) is 2. The van der Waals surface area contributed by atoms with Crippen molar-refractivity contribution in [2.24, 2.45) is 0 Å². The molecule has 7 heteroatoms. The van der Waals surface area contributed by atoms with E-state index in [-0.39, 0.29) is 11.9 Å². The average Bonchev–Trinajstić information content (AvgIpc) is 3.01. The van der Waals surface area contributed by atoms with E-state index in [0.29, 0.717) is 11.6 Å². The normalized spacial score (nSPS) is 12.1. The van der Waals surface area contributed by atoms with E-state index in [0.717, 1.165) is 22.8 Å². The van der Waals surface area contributed by atoms with Crippen LogP contribution in [0.4, 0.5) is 0 Å². The van der Waals surface area contributed by atoms with Gasteiger partial charge in [0.1, 0.15) is 12.2 Å². The van der Waals surface area contributed by atoms with Gasteiger partial charge in [-0.1, -0.05) is 30.7 Å². The molecule has 0 bridgehead atoms. The molecule has 2 aromatic rings. The van der Waals surface area contributed by atoms with Crippen molar-refractivity contribution in [3.63, 3.8) is 0 Å². The molecule has 1 unspecified atom stereocenters. The average molecular weight is 325 g/mol. The maximum atomic E-state index is 11.9. The second-order valence-electron chi connectivity index (χ2n) is 4.52. The van der Waals surface area contributed by atoms with Crippen LogP contribution in [0.15, 0.2) is 30.6 Å². The molecule has 0 saturated carbocycles. The summed E-state index contributed by atoms with van der Waals surface area (Å²) in [6, 6.07) is 7.53. The van der Waals surface area contributed by atoms with Gasteiger partial charge in [0.2, 0.25) is 5.91 Å². The highest BCUT2D eigenvalue weighted by Gasteiger charge is 2.14. The number of aromatic nitrogens is 3. The Balaban J connectivity index is 1.75. The summed E-state index contributed by atoms with van der Waals surface area (Å²) >= 11 is 7.40. The number of H-pyrrole nitrogens is 1. The van der Waals surface area contributed by atoms with Gasteiger partial charge in [-0.05, 0) is 24.1 Å². The maximum absolute atomic E-state index is 11.9. The van der Waals surface area contributed by atoms with Crippen molar-refractivity contribution in [3.8, 4) is 0 Å². The first kappa shape index (κ1) is 15.9. The molecule has 112 valence electrons. The van der Waals surface area contributed by atoms with Crippen LogP contribution in [0.5, 0.6) is 0 Å². The molecule has 0 aliphatic heterocycles. The summed E-state index contributed by atoms with van der Waals surface area (Å²) < 4.78 is 0. The molecule has 0 spiro atoms. The predicted octanol–water partition coefficient (Wildman–Crippen LogP) is 2.96. The zero-order chi connectivity index (χ0) is 15.1. The molecule has 0 saturated heterocycles. The van der Waals surface area contributed by atoms with Crippen LogP contribution in [0, 0.1) is 0 Å². The molecule has 0 radical (unpaired) electrons. The summed E-state index contributed by atoms with van der Waals surface area (Å²) in [5.74, 6) is 1.88. The van der Waals surface area contributed by atoms with Crippen molar-refractivity contribution in [3.05, 3.63) is 47.0 Å². The molecule has 21 heavy (non-hydrogen) atoms. The Labute approximate surface area is 132 Å². The summed E-state index contributed by atoms with van der Waals surface area (Å²) in [6.45, 7) is 1.99. The zero-order valence-corrected chi connectivity index (χ0v) is 13.2. The van der Waals surface area contributed by atoms with E-state index in [1.54, 1.807) is 11.8 Å². The SMILES string of the molecule is CCC(NC(=O)CSCc1ccc(Cl)cc1)c1ncn[nH]1. The van der Waals surface area contributed by atoms with Crippen LogP contribution >= 0.6 is 23.4 Å². The van der Waals surface area contributed by atoms with E-state index in [9.17, 15) is 4.79 Å². The number of carbonyl (C=O) groups excluding carboxylic acids is 1. The monoisotopic (exact) mass is 324 g/mol. The Hall–Kier alpha value is -1.53.